The number of nitrogens with one attached hydrogen (secondary N) is 1. The molecule has 150 valence electrons. The number of piperidine rings is 1. The molecule has 28 heavy (non-hydrogen) atoms. The summed E-state index contributed by atoms with van der Waals surface area (Å²) in [6, 6.07) is 8.95. The van der Waals surface area contributed by atoms with Gasteiger partial charge in [-0.05, 0) is 64.3 Å². The van der Waals surface area contributed by atoms with Gasteiger partial charge < -0.3 is 15.0 Å². The number of aryl methyl sites for hydroxylation is 1. The maximum Gasteiger partial charge on any atom is 0.263 e. The number of carbonyl (C=O) groups excluding carboxylic acids is 1. The largest absolute Gasteiger partial charge is 0.478 e. The first-order valence-electron chi connectivity index (χ1n) is 9.66. The lowest BCUT2D eigenvalue weighted by molar-refractivity contribution is -0.134. The number of carbonyl (C=O) groups is 1. The summed E-state index contributed by atoms with van der Waals surface area (Å²) in [6.07, 6.45) is 3.64. The van der Waals surface area contributed by atoms with Gasteiger partial charge in [-0.15, -0.1) is 0 Å². The fourth-order valence-corrected chi connectivity index (χ4v) is 3.32. The van der Waals surface area contributed by atoms with Gasteiger partial charge in [0.2, 0.25) is 0 Å². The van der Waals surface area contributed by atoms with Gasteiger partial charge in [-0.25, -0.2) is 9.97 Å². The monoisotopic (exact) mass is 402 g/mol. The van der Waals surface area contributed by atoms with Crippen molar-refractivity contribution in [3.63, 3.8) is 0 Å². The van der Waals surface area contributed by atoms with E-state index in [9.17, 15) is 4.79 Å². The first kappa shape index (κ1) is 20.4. The van der Waals surface area contributed by atoms with E-state index in [0.717, 1.165) is 24.6 Å². The van der Waals surface area contributed by atoms with Crippen LogP contribution in [0, 0.1) is 6.92 Å². The third-order valence-corrected chi connectivity index (χ3v) is 4.96. The molecule has 1 fully saturated rings. The summed E-state index contributed by atoms with van der Waals surface area (Å²) in [4.78, 5) is 24.1. The highest BCUT2D eigenvalue weighted by atomic mass is 35.5. The first-order chi connectivity index (χ1) is 13.3. The molecule has 0 unspecified atom stereocenters. The van der Waals surface area contributed by atoms with Crippen LogP contribution < -0.4 is 15.0 Å². The van der Waals surface area contributed by atoms with Gasteiger partial charge >= 0.3 is 0 Å². The van der Waals surface area contributed by atoms with Crippen molar-refractivity contribution in [3.05, 3.63) is 46.9 Å². The summed E-state index contributed by atoms with van der Waals surface area (Å²) in [5.74, 6) is 1.90. The number of aromatic nitrogens is 2. The van der Waals surface area contributed by atoms with Crippen LogP contribution in [0.4, 0.5) is 5.82 Å². The van der Waals surface area contributed by atoms with E-state index in [-0.39, 0.29) is 12.5 Å². The van der Waals surface area contributed by atoms with E-state index in [1.54, 1.807) is 38.1 Å². The van der Waals surface area contributed by atoms with Crippen molar-refractivity contribution in [1.82, 2.24) is 15.3 Å². The van der Waals surface area contributed by atoms with Crippen LogP contribution in [0.5, 0.6) is 5.75 Å². The first-order valence-corrected chi connectivity index (χ1v) is 10.0. The molecule has 0 radical (unpaired) electrons. The number of amides is 1. The van der Waals surface area contributed by atoms with Gasteiger partial charge in [0.05, 0.1) is 6.54 Å². The van der Waals surface area contributed by atoms with E-state index < -0.39 is 5.60 Å². The highest BCUT2D eigenvalue weighted by Gasteiger charge is 2.30. The predicted octanol–water partition coefficient (Wildman–Crippen LogP) is 3.90. The van der Waals surface area contributed by atoms with Crippen LogP contribution in [0.1, 0.15) is 44.6 Å². The molecule has 1 N–H and O–H groups in total. The maximum atomic E-state index is 12.7. The van der Waals surface area contributed by atoms with Crippen molar-refractivity contribution in [2.24, 2.45) is 0 Å². The number of hydrogen-bond donors (Lipinski definition) is 1. The number of ether oxygens (including phenoxy) is 1. The summed E-state index contributed by atoms with van der Waals surface area (Å²) in [5, 5.41) is 3.52. The van der Waals surface area contributed by atoms with Gasteiger partial charge in [0.15, 0.2) is 5.60 Å². The van der Waals surface area contributed by atoms with Gasteiger partial charge in [-0.3, -0.25) is 4.79 Å². The quantitative estimate of drug-likeness (QED) is 0.793. The number of halogens is 1. The zero-order valence-corrected chi connectivity index (χ0v) is 17.4. The Balaban J connectivity index is 1.63. The molecule has 1 aliphatic heterocycles. The van der Waals surface area contributed by atoms with Crippen LogP contribution in [0.15, 0.2) is 30.3 Å². The van der Waals surface area contributed by atoms with Crippen LogP contribution in [0.3, 0.4) is 0 Å². The van der Waals surface area contributed by atoms with Crippen LogP contribution in [0.2, 0.25) is 5.02 Å². The summed E-state index contributed by atoms with van der Waals surface area (Å²) in [6.45, 7) is 7.71. The van der Waals surface area contributed by atoms with Crippen LogP contribution >= 0.6 is 11.6 Å². The van der Waals surface area contributed by atoms with Crippen molar-refractivity contribution < 1.29 is 9.53 Å². The number of nitrogens with zero attached hydrogens (tertiary/aromatic N) is 3. The standard InChI is InChI=1S/C21H27ClN4O2/c1-15-13-19(26-11-5-4-6-12-26)25-18(24-15)14-23-20(27)21(2,3)28-17-9-7-16(22)8-10-17/h7-10,13H,4-6,11-12,14H2,1-3H3,(H,23,27). The Morgan fingerprint density at radius 2 is 1.86 bits per heavy atom. The highest BCUT2D eigenvalue weighted by Crippen LogP contribution is 2.21. The minimum atomic E-state index is -1.03. The Morgan fingerprint density at radius 3 is 2.54 bits per heavy atom. The number of anilines is 1. The van der Waals surface area contributed by atoms with E-state index in [1.807, 2.05) is 13.0 Å². The minimum Gasteiger partial charge on any atom is -0.478 e. The average molecular weight is 403 g/mol. The van der Waals surface area contributed by atoms with Gasteiger partial charge in [0.1, 0.15) is 17.4 Å². The summed E-state index contributed by atoms with van der Waals surface area (Å²) < 4.78 is 5.83. The summed E-state index contributed by atoms with van der Waals surface area (Å²) in [5.41, 5.74) is -0.135. The second-order valence-corrected chi connectivity index (χ2v) is 8.02. The Bertz CT molecular complexity index is 818. The third-order valence-electron chi connectivity index (χ3n) is 4.71. The molecule has 1 amide bonds. The SMILES string of the molecule is Cc1cc(N2CCCCC2)nc(CNC(=O)C(C)(C)Oc2ccc(Cl)cc2)n1. The zero-order valence-electron chi connectivity index (χ0n) is 16.7. The lowest BCUT2D eigenvalue weighted by Gasteiger charge is -2.28. The molecule has 7 heteroatoms. The molecule has 1 saturated heterocycles. The third kappa shape index (κ3) is 5.35. The molecule has 3 rings (SSSR count). The second kappa shape index (κ2) is 8.78. The molecule has 1 aliphatic rings. The van der Waals surface area contributed by atoms with E-state index in [4.69, 9.17) is 16.3 Å². The summed E-state index contributed by atoms with van der Waals surface area (Å²) >= 11 is 5.89. The Kier molecular flexibility index (Phi) is 6.39. The molecule has 2 heterocycles. The van der Waals surface area contributed by atoms with Crippen molar-refractivity contribution >= 4 is 23.3 Å². The Morgan fingerprint density at radius 1 is 1.18 bits per heavy atom. The zero-order chi connectivity index (χ0) is 20.1. The fourth-order valence-electron chi connectivity index (χ4n) is 3.19. The van der Waals surface area contributed by atoms with E-state index in [1.165, 1.54) is 19.3 Å². The molecule has 1 aromatic carbocycles. The van der Waals surface area contributed by atoms with Gasteiger partial charge in [0.25, 0.3) is 5.91 Å². The number of benzene rings is 1. The van der Waals surface area contributed by atoms with Gasteiger partial charge in [-0.2, -0.15) is 0 Å². The molecule has 1 aromatic heterocycles. The van der Waals surface area contributed by atoms with Crippen LogP contribution in [-0.2, 0) is 11.3 Å². The maximum absolute atomic E-state index is 12.7. The van der Waals surface area contributed by atoms with E-state index >= 15 is 0 Å². The minimum absolute atomic E-state index is 0.230. The molecular weight excluding hydrogens is 376 g/mol. The van der Waals surface area contributed by atoms with Crippen molar-refractivity contribution in [2.75, 3.05) is 18.0 Å². The predicted molar refractivity (Wildman–Crippen MR) is 111 cm³/mol. The normalized spacial score (nSPS) is 14.6. The lowest BCUT2D eigenvalue weighted by atomic mass is 10.1. The molecule has 0 aliphatic carbocycles. The molecule has 2 aromatic rings. The topological polar surface area (TPSA) is 67.4 Å². The van der Waals surface area contributed by atoms with Gasteiger partial charge in [-0.1, -0.05) is 11.6 Å². The lowest BCUT2D eigenvalue weighted by Crippen LogP contribution is -2.46. The molecule has 0 bridgehead atoms. The van der Waals surface area contributed by atoms with Crippen molar-refractivity contribution in [3.8, 4) is 5.75 Å². The highest BCUT2D eigenvalue weighted by molar-refractivity contribution is 6.30. The Labute approximate surface area is 171 Å². The number of hydrogen-bond acceptors (Lipinski definition) is 5. The molecule has 0 atom stereocenters. The fraction of sp³-hybridized carbons (Fsp3) is 0.476. The molecule has 0 saturated carbocycles. The van der Waals surface area contributed by atoms with E-state index in [2.05, 4.69) is 20.2 Å². The van der Waals surface area contributed by atoms with Gasteiger partial charge in [0, 0.05) is 29.9 Å². The number of rotatable bonds is 6. The van der Waals surface area contributed by atoms with E-state index in [0.29, 0.717) is 16.6 Å². The van der Waals surface area contributed by atoms with Crippen molar-refractivity contribution in [1.29, 1.82) is 0 Å². The molecule has 0 spiro atoms. The Hall–Kier alpha value is -2.34. The van der Waals surface area contributed by atoms with Crippen LogP contribution in [-0.4, -0.2) is 34.6 Å². The van der Waals surface area contributed by atoms with Crippen molar-refractivity contribution in [2.45, 2.75) is 52.2 Å². The smallest absolute Gasteiger partial charge is 0.263 e. The van der Waals surface area contributed by atoms with Crippen LogP contribution in [0.25, 0.3) is 0 Å². The molecular formula is C21H27ClN4O2. The summed E-state index contributed by atoms with van der Waals surface area (Å²) in [7, 11) is 0. The molecule has 6 nitrogen and oxygen atoms in total. The second-order valence-electron chi connectivity index (χ2n) is 7.58. The average Bonchev–Trinajstić information content (AvgIpc) is 2.68.